The smallest absolute Gasteiger partial charge is 0.305 e. The highest BCUT2D eigenvalue weighted by Crippen LogP contribution is 2.40. The second kappa shape index (κ2) is 6.28. The Labute approximate surface area is 124 Å². The first kappa shape index (κ1) is 15.5. The molecule has 21 heavy (non-hydrogen) atoms. The van der Waals surface area contributed by atoms with Gasteiger partial charge in [-0.25, -0.2) is 4.98 Å². The summed E-state index contributed by atoms with van der Waals surface area (Å²) in [5.74, 6) is 0.324. The molecule has 1 saturated carbocycles. The van der Waals surface area contributed by atoms with Crippen LogP contribution in [0.3, 0.4) is 0 Å². The summed E-state index contributed by atoms with van der Waals surface area (Å²) >= 11 is 0. The zero-order valence-corrected chi connectivity index (χ0v) is 12.8. The highest BCUT2D eigenvalue weighted by atomic mass is 16.4. The maximum Gasteiger partial charge on any atom is 0.305 e. The monoisotopic (exact) mass is 294 g/mol. The van der Waals surface area contributed by atoms with Gasteiger partial charge in [0.05, 0.1) is 12.1 Å². The van der Waals surface area contributed by atoms with Gasteiger partial charge in [0.15, 0.2) is 5.89 Å². The quantitative estimate of drug-likeness (QED) is 0.835. The van der Waals surface area contributed by atoms with Crippen molar-refractivity contribution < 1.29 is 19.1 Å². The van der Waals surface area contributed by atoms with Gasteiger partial charge in [0.25, 0.3) is 5.91 Å². The van der Waals surface area contributed by atoms with E-state index in [1.807, 2.05) is 13.8 Å². The normalized spacial score (nSPS) is 14.5. The zero-order valence-electron chi connectivity index (χ0n) is 12.8. The van der Waals surface area contributed by atoms with Crippen LogP contribution < -0.4 is 0 Å². The van der Waals surface area contributed by atoms with Crippen molar-refractivity contribution in [2.75, 3.05) is 13.1 Å². The number of hydrogen-bond donors (Lipinski definition) is 1. The lowest BCUT2D eigenvalue weighted by atomic mass is 10.2. The summed E-state index contributed by atoms with van der Waals surface area (Å²) < 4.78 is 5.62. The summed E-state index contributed by atoms with van der Waals surface area (Å²) in [6.07, 6.45) is 2.05. The SMILES string of the molecule is Cc1nc(C2CC2)oc1C(=O)N(CCC(=O)O)CC(C)C. The molecular weight excluding hydrogens is 272 g/mol. The molecule has 116 valence electrons. The van der Waals surface area contributed by atoms with Gasteiger partial charge in [0, 0.05) is 19.0 Å². The fourth-order valence-corrected chi connectivity index (χ4v) is 2.21. The first-order valence-electron chi connectivity index (χ1n) is 7.37. The van der Waals surface area contributed by atoms with Gasteiger partial charge in [-0.05, 0) is 25.7 Å². The van der Waals surface area contributed by atoms with Crippen LogP contribution in [-0.4, -0.2) is 40.0 Å². The number of rotatable bonds is 7. The molecule has 6 heteroatoms. The largest absolute Gasteiger partial charge is 0.481 e. The number of carboxylic acid groups (broad SMARTS) is 1. The van der Waals surface area contributed by atoms with E-state index in [1.165, 1.54) is 0 Å². The third kappa shape index (κ3) is 4.06. The molecule has 1 aliphatic rings. The summed E-state index contributed by atoms with van der Waals surface area (Å²) in [6, 6.07) is 0. The van der Waals surface area contributed by atoms with Crippen molar-refractivity contribution in [2.45, 2.75) is 46.0 Å². The van der Waals surface area contributed by atoms with E-state index >= 15 is 0 Å². The van der Waals surface area contributed by atoms with E-state index in [-0.39, 0.29) is 30.6 Å². The minimum Gasteiger partial charge on any atom is -0.481 e. The molecule has 0 radical (unpaired) electrons. The van der Waals surface area contributed by atoms with E-state index in [1.54, 1.807) is 11.8 Å². The Kier molecular flexibility index (Phi) is 4.65. The van der Waals surface area contributed by atoms with Crippen LogP contribution in [0.15, 0.2) is 4.42 Å². The molecule has 0 aliphatic heterocycles. The van der Waals surface area contributed by atoms with Crippen molar-refractivity contribution in [3.8, 4) is 0 Å². The predicted octanol–water partition coefficient (Wildman–Crippen LogP) is 2.43. The Morgan fingerprint density at radius 3 is 2.62 bits per heavy atom. The number of carbonyl (C=O) groups is 2. The highest BCUT2D eigenvalue weighted by Gasteiger charge is 2.32. The van der Waals surface area contributed by atoms with Crippen LogP contribution in [-0.2, 0) is 4.79 Å². The topological polar surface area (TPSA) is 83.6 Å². The Hall–Kier alpha value is -1.85. The summed E-state index contributed by atoms with van der Waals surface area (Å²) in [4.78, 5) is 29.2. The molecule has 1 aromatic heterocycles. The standard InChI is InChI=1S/C15H22N2O4/c1-9(2)8-17(7-6-12(18)19)15(20)13-10(3)16-14(21-13)11-4-5-11/h9,11H,4-8H2,1-3H3,(H,18,19). The Morgan fingerprint density at radius 2 is 2.10 bits per heavy atom. The van der Waals surface area contributed by atoms with Crippen LogP contribution in [0.5, 0.6) is 0 Å². The van der Waals surface area contributed by atoms with Gasteiger partial charge in [0.2, 0.25) is 5.76 Å². The molecule has 1 fully saturated rings. The fourth-order valence-electron chi connectivity index (χ4n) is 2.21. The minimum absolute atomic E-state index is 0.0683. The average Bonchev–Trinajstić information content (AvgIpc) is 3.16. The second-order valence-electron chi connectivity index (χ2n) is 6.03. The molecule has 0 bridgehead atoms. The summed E-state index contributed by atoms with van der Waals surface area (Å²) in [6.45, 7) is 6.43. The number of nitrogens with zero attached hydrogens (tertiary/aromatic N) is 2. The van der Waals surface area contributed by atoms with Crippen LogP contribution in [0, 0.1) is 12.8 Å². The van der Waals surface area contributed by atoms with E-state index in [9.17, 15) is 9.59 Å². The minimum atomic E-state index is -0.912. The Morgan fingerprint density at radius 1 is 1.43 bits per heavy atom. The van der Waals surface area contributed by atoms with Crippen molar-refractivity contribution in [3.63, 3.8) is 0 Å². The third-order valence-corrected chi connectivity index (χ3v) is 3.40. The molecule has 0 aromatic carbocycles. The lowest BCUT2D eigenvalue weighted by molar-refractivity contribution is -0.137. The zero-order chi connectivity index (χ0) is 15.6. The van der Waals surface area contributed by atoms with Crippen molar-refractivity contribution >= 4 is 11.9 Å². The number of aromatic nitrogens is 1. The summed E-state index contributed by atoms with van der Waals surface area (Å²) in [5.41, 5.74) is 0.589. The lowest BCUT2D eigenvalue weighted by Gasteiger charge is -2.23. The predicted molar refractivity (Wildman–Crippen MR) is 76.2 cm³/mol. The van der Waals surface area contributed by atoms with Crippen molar-refractivity contribution in [1.82, 2.24) is 9.88 Å². The van der Waals surface area contributed by atoms with Gasteiger partial charge in [-0.2, -0.15) is 0 Å². The van der Waals surface area contributed by atoms with Crippen LogP contribution in [0.4, 0.5) is 0 Å². The summed E-state index contributed by atoms with van der Waals surface area (Å²) in [5, 5.41) is 8.81. The van der Waals surface area contributed by atoms with Crippen LogP contribution in [0.1, 0.15) is 61.2 Å². The maximum atomic E-state index is 12.6. The number of carbonyl (C=O) groups excluding carboxylic acids is 1. The molecule has 0 spiro atoms. The van der Waals surface area contributed by atoms with Gasteiger partial charge in [0.1, 0.15) is 0 Å². The number of carboxylic acids is 1. The lowest BCUT2D eigenvalue weighted by Crippen LogP contribution is -2.36. The van der Waals surface area contributed by atoms with Crippen LogP contribution in [0.25, 0.3) is 0 Å². The van der Waals surface area contributed by atoms with Gasteiger partial charge >= 0.3 is 5.97 Å². The molecule has 1 aliphatic carbocycles. The number of hydrogen-bond acceptors (Lipinski definition) is 4. The van der Waals surface area contributed by atoms with Crippen molar-refractivity contribution in [2.24, 2.45) is 5.92 Å². The van der Waals surface area contributed by atoms with Crippen LogP contribution >= 0.6 is 0 Å². The molecular formula is C15H22N2O4. The van der Waals surface area contributed by atoms with E-state index in [0.29, 0.717) is 24.0 Å². The van der Waals surface area contributed by atoms with Crippen molar-refractivity contribution in [3.05, 3.63) is 17.3 Å². The maximum absolute atomic E-state index is 12.6. The Bertz CT molecular complexity index is 532. The number of amides is 1. The van der Waals surface area contributed by atoms with Crippen molar-refractivity contribution in [1.29, 1.82) is 0 Å². The first-order valence-corrected chi connectivity index (χ1v) is 7.37. The van der Waals surface area contributed by atoms with Gasteiger partial charge < -0.3 is 14.4 Å². The molecule has 1 aromatic rings. The molecule has 0 saturated heterocycles. The molecule has 1 heterocycles. The molecule has 2 rings (SSSR count). The number of aryl methyl sites for hydroxylation is 1. The van der Waals surface area contributed by atoms with Gasteiger partial charge in [-0.15, -0.1) is 0 Å². The first-order chi connectivity index (χ1) is 9.88. The van der Waals surface area contributed by atoms with E-state index in [2.05, 4.69) is 4.98 Å². The Balaban J connectivity index is 2.13. The number of aliphatic carboxylic acids is 1. The van der Waals surface area contributed by atoms with E-state index in [4.69, 9.17) is 9.52 Å². The molecule has 6 nitrogen and oxygen atoms in total. The van der Waals surface area contributed by atoms with E-state index < -0.39 is 5.97 Å². The second-order valence-corrected chi connectivity index (χ2v) is 6.03. The number of oxazole rings is 1. The molecule has 1 N–H and O–H groups in total. The van der Waals surface area contributed by atoms with E-state index in [0.717, 1.165) is 12.8 Å². The molecule has 0 unspecified atom stereocenters. The molecule has 1 amide bonds. The highest BCUT2D eigenvalue weighted by molar-refractivity contribution is 5.92. The fraction of sp³-hybridized carbons (Fsp3) is 0.667. The average molecular weight is 294 g/mol. The van der Waals surface area contributed by atoms with Gasteiger partial charge in [-0.3, -0.25) is 9.59 Å². The van der Waals surface area contributed by atoms with Crippen LogP contribution in [0.2, 0.25) is 0 Å². The summed E-state index contributed by atoms with van der Waals surface area (Å²) in [7, 11) is 0. The molecule has 0 atom stereocenters. The van der Waals surface area contributed by atoms with Gasteiger partial charge in [-0.1, -0.05) is 13.8 Å². The third-order valence-electron chi connectivity index (χ3n) is 3.40.